The van der Waals surface area contributed by atoms with Crippen LogP contribution in [0.5, 0.6) is 0 Å². The van der Waals surface area contributed by atoms with E-state index in [1.165, 1.54) is 32.0 Å². The molecule has 2 aromatic carbocycles. The molecule has 2 heterocycles. The van der Waals surface area contributed by atoms with Crippen molar-refractivity contribution >= 4 is 23.8 Å². The maximum Gasteiger partial charge on any atom is 0.334 e. The van der Waals surface area contributed by atoms with Crippen LogP contribution in [0.4, 0.5) is 9.18 Å². The van der Waals surface area contributed by atoms with E-state index in [1.54, 1.807) is 12.1 Å². The van der Waals surface area contributed by atoms with Crippen LogP contribution in [0.3, 0.4) is 0 Å². The number of amides is 4. The molecule has 0 spiro atoms. The van der Waals surface area contributed by atoms with Gasteiger partial charge >= 0.3 is 12.0 Å². The summed E-state index contributed by atoms with van der Waals surface area (Å²) in [6.45, 7) is 0.233. The average molecular weight is 536 g/mol. The molecule has 0 aliphatic carbocycles. The van der Waals surface area contributed by atoms with Crippen LogP contribution >= 0.6 is 0 Å². The molecule has 4 amide bonds. The number of hydrazine groups is 1. The van der Waals surface area contributed by atoms with Crippen molar-refractivity contribution in [3.63, 3.8) is 0 Å². The number of carboxylic acid groups (broad SMARTS) is 1. The van der Waals surface area contributed by atoms with Gasteiger partial charge in [-0.2, -0.15) is 5.01 Å². The smallest absolute Gasteiger partial charge is 0.334 e. The number of fused-ring (bicyclic) bond motifs is 1. The number of aliphatic carboxylic acids is 1. The van der Waals surface area contributed by atoms with Gasteiger partial charge in [-0.15, -0.1) is 6.42 Å². The normalized spacial score (nSPS) is 19.4. The third-order valence-electron chi connectivity index (χ3n) is 6.81. The van der Waals surface area contributed by atoms with E-state index in [2.05, 4.69) is 11.2 Å². The van der Waals surface area contributed by atoms with E-state index in [1.807, 2.05) is 30.3 Å². The standard InChI is InChI=1S/C28H30FN5O5/c1-2-15-32-19-25(35)33-23(12-13-26(36)37)27(38)31(16-14-20-8-10-22(29)11-9-20)18-24(33)34(32)28(39)30-17-21-6-4-3-5-7-21/h1,3-11,23-24H,12-19H2,(H,30,39)(H,36,37). The maximum atomic E-state index is 13.5. The second-order valence-electron chi connectivity index (χ2n) is 9.41. The molecule has 0 aromatic heterocycles. The number of rotatable bonds is 9. The van der Waals surface area contributed by atoms with Crippen molar-refractivity contribution in [2.75, 3.05) is 26.2 Å². The molecule has 0 bridgehead atoms. The van der Waals surface area contributed by atoms with Gasteiger partial charge in [0.2, 0.25) is 11.8 Å². The van der Waals surface area contributed by atoms with Crippen LogP contribution in [-0.2, 0) is 27.3 Å². The quantitative estimate of drug-likeness (QED) is 0.473. The molecule has 11 heteroatoms. The van der Waals surface area contributed by atoms with E-state index < -0.39 is 36.0 Å². The van der Waals surface area contributed by atoms with Crippen molar-refractivity contribution in [1.82, 2.24) is 25.1 Å². The Labute approximate surface area is 225 Å². The summed E-state index contributed by atoms with van der Waals surface area (Å²) in [5, 5.41) is 15.0. The van der Waals surface area contributed by atoms with Crippen molar-refractivity contribution in [1.29, 1.82) is 0 Å². The van der Waals surface area contributed by atoms with Crippen LogP contribution in [0.25, 0.3) is 0 Å². The summed E-state index contributed by atoms with van der Waals surface area (Å²) in [6.07, 6.45) is 4.64. The third kappa shape index (κ3) is 6.53. The second-order valence-corrected chi connectivity index (χ2v) is 9.41. The SMILES string of the molecule is C#CCN1CC(=O)N2C(CCC(=O)O)C(=O)N(CCc3ccc(F)cc3)CC2N1C(=O)NCc1ccccc1. The number of carbonyl (C=O) groups is 4. The fourth-order valence-corrected chi connectivity index (χ4v) is 4.95. The molecule has 2 atom stereocenters. The van der Waals surface area contributed by atoms with Crippen molar-refractivity contribution in [3.05, 3.63) is 71.5 Å². The predicted molar refractivity (Wildman–Crippen MR) is 139 cm³/mol. The summed E-state index contributed by atoms with van der Waals surface area (Å²) in [7, 11) is 0. The molecular formula is C28H30FN5O5. The fraction of sp³-hybridized carbons (Fsp3) is 0.357. The van der Waals surface area contributed by atoms with Gasteiger partial charge in [-0.3, -0.25) is 14.4 Å². The molecule has 39 heavy (non-hydrogen) atoms. The Kier molecular flexibility index (Phi) is 8.78. The number of hydrogen-bond donors (Lipinski definition) is 2. The number of hydrogen-bond acceptors (Lipinski definition) is 5. The van der Waals surface area contributed by atoms with Gasteiger partial charge in [0.1, 0.15) is 18.0 Å². The highest BCUT2D eigenvalue weighted by Crippen LogP contribution is 2.28. The molecule has 0 saturated carbocycles. The van der Waals surface area contributed by atoms with Gasteiger partial charge in [0.05, 0.1) is 19.6 Å². The molecule has 2 aliphatic rings. The second kappa shape index (κ2) is 12.4. The highest BCUT2D eigenvalue weighted by Gasteiger charge is 2.51. The highest BCUT2D eigenvalue weighted by atomic mass is 19.1. The number of terminal acetylenes is 1. The highest BCUT2D eigenvalue weighted by molar-refractivity contribution is 5.91. The van der Waals surface area contributed by atoms with Crippen LogP contribution in [0.2, 0.25) is 0 Å². The lowest BCUT2D eigenvalue weighted by Gasteiger charge is -2.54. The molecular weight excluding hydrogens is 505 g/mol. The Bertz CT molecular complexity index is 1250. The number of carboxylic acids is 1. The lowest BCUT2D eigenvalue weighted by Crippen LogP contribution is -2.76. The molecule has 4 rings (SSSR count). The molecule has 204 valence electrons. The summed E-state index contributed by atoms with van der Waals surface area (Å²) >= 11 is 0. The Balaban J connectivity index is 1.61. The molecule has 2 fully saturated rings. The minimum atomic E-state index is -1.10. The minimum absolute atomic E-state index is 0.00910. The van der Waals surface area contributed by atoms with E-state index in [0.717, 1.165) is 11.1 Å². The zero-order chi connectivity index (χ0) is 27.9. The monoisotopic (exact) mass is 535 g/mol. The number of benzene rings is 2. The molecule has 2 aliphatic heterocycles. The van der Waals surface area contributed by atoms with Gasteiger partial charge in [-0.05, 0) is 36.1 Å². The largest absolute Gasteiger partial charge is 0.481 e. The summed E-state index contributed by atoms with van der Waals surface area (Å²) in [5.41, 5.74) is 1.68. The molecule has 2 saturated heterocycles. The lowest BCUT2D eigenvalue weighted by molar-refractivity contribution is -0.189. The summed E-state index contributed by atoms with van der Waals surface area (Å²) < 4.78 is 13.3. The van der Waals surface area contributed by atoms with E-state index in [4.69, 9.17) is 6.42 Å². The Morgan fingerprint density at radius 2 is 1.79 bits per heavy atom. The van der Waals surface area contributed by atoms with Gasteiger partial charge < -0.3 is 20.2 Å². The first-order valence-electron chi connectivity index (χ1n) is 12.6. The van der Waals surface area contributed by atoms with Crippen molar-refractivity contribution in [2.45, 2.75) is 38.0 Å². The topological polar surface area (TPSA) is 114 Å². The summed E-state index contributed by atoms with van der Waals surface area (Å²) in [6, 6.07) is 13.7. The predicted octanol–water partition coefficient (Wildman–Crippen LogP) is 1.67. The van der Waals surface area contributed by atoms with Crippen LogP contribution in [0.15, 0.2) is 54.6 Å². The van der Waals surface area contributed by atoms with Gasteiger partial charge in [0.15, 0.2) is 0 Å². The average Bonchev–Trinajstić information content (AvgIpc) is 2.92. The molecule has 2 N–H and O–H groups in total. The number of piperazine rings is 1. The Morgan fingerprint density at radius 1 is 1.08 bits per heavy atom. The molecule has 10 nitrogen and oxygen atoms in total. The first kappa shape index (κ1) is 27.6. The van der Waals surface area contributed by atoms with Gasteiger partial charge in [0, 0.05) is 19.5 Å². The molecule has 2 unspecified atom stereocenters. The zero-order valence-corrected chi connectivity index (χ0v) is 21.3. The van der Waals surface area contributed by atoms with Crippen molar-refractivity contribution in [3.8, 4) is 12.3 Å². The first-order valence-corrected chi connectivity index (χ1v) is 12.6. The van der Waals surface area contributed by atoms with Crippen LogP contribution in [0, 0.1) is 18.2 Å². The van der Waals surface area contributed by atoms with E-state index in [-0.39, 0.29) is 51.4 Å². The zero-order valence-electron chi connectivity index (χ0n) is 21.3. The van der Waals surface area contributed by atoms with Crippen LogP contribution in [-0.4, -0.2) is 87.1 Å². The van der Waals surface area contributed by atoms with Gasteiger partial charge in [-0.1, -0.05) is 48.4 Å². The lowest BCUT2D eigenvalue weighted by atomic mass is 10.0. The fourth-order valence-electron chi connectivity index (χ4n) is 4.95. The third-order valence-corrected chi connectivity index (χ3v) is 6.81. The summed E-state index contributed by atoms with van der Waals surface area (Å²) in [4.78, 5) is 54.6. The first-order chi connectivity index (χ1) is 18.8. The van der Waals surface area contributed by atoms with Crippen molar-refractivity contribution < 1.29 is 28.7 Å². The van der Waals surface area contributed by atoms with Gasteiger partial charge in [0.25, 0.3) is 0 Å². The van der Waals surface area contributed by atoms with E-state index >= 15 is 0 Å². The van der Waals surface area contributed by atoms with Crippen LogP contribution in [0.1, 0.15) is 24.0 Å². The number of halogens is 1. The molecule has 2 aromatic rings. The minimum Gasteiger partial charge on any atom is -0.481 e. The molecule has 0 radical (unpaired) electrons. The number of nitrogens with zero attached hydrogens (tertiary/aromatic N) is 4. The van der Waals surface area contributed by atoms with Gasteiger partial charge in [-0.25, -0.2) is 14.2 Å². The Morgan fingerprint density at radius 3 is 2.46 bits per heavy atom. The number of urea groups is 1. The summed E-state index contributed by atoms with van der Waals surface area (Å²) in [5.74, 6) is 0.206. The number of carbonyl (C=O) groups excluding carboxylic acids is 3. The van der Waals surface area contributed by atoms with Crippen LogP contribution < -0.4 is 5.32 Å². The van der Waals surface area contributed by atoms with E-state index in [0.29, 0.717) is 6.42 Å². The maximum absolute atomic E-state index is 13.5. The van der Waals surface area contributed by atoms with Crippen molar-refractivity contribution in [2.24, 2.45) is 0 Å². The van der Waals surface area contributed by atoms with E-state index in [9.17, 15) is 28.7 Å². The Hall–Kier alpha value is -4.43. The number of nitrogens with one attached hydrogen (secondary N) is 1.